The molecule has 1 aromatic carbocycles. The predicted octanol–water partition coefficient (Wildman–Crippen LogP) is 3.48. The molecular weight excluding hydrogens is 212 g/mol. The van der Waals surface area contributed by atoms with Gasteiger partial charge in [-0.2, -0.15) is 0 Å². The molecule has 0 spiro atoms. The lowest BCUT2D eigenvalue weighted by Crippen LogP contribution is -2.33. The average molecular weight is 234 g/mol. The normalized spacial score (nSPS) is 20.9. The molecule has 2 heteroatoms. The minimum atomic E-state index is -0.771. The van der Waals surface area contributed by atoms with E-state index in [1.165, 1.54) is 19.3 Å². The lowest BCUT2D eigenvalue weighted by molar-refractivity contribution is -0.0232. The first kappa shape index (κ1) is 12.4. The molecule has 2 nitrogen and oxygen atoms in total. The standard InChI is InChI=1S/C15H22O2/c1-15(16,12-8-4-3-5-9-12)13-10-6-7-11-14(13)17-2/h6-7,10-12,16H,3-5,8-9H2,1-2H3. The molecular formula is C15H22O2. The van der Waals surface area contributed by atoms with Gasteiger partial charge in [0.1, 0.15) is 5.75 Å². The van der Waals surface area contributed by atoms with Gasteiger partial charge >= 0.3 is 0 Å². The zero-order valence-corrected chi connectivity index (χ0v) is 10.8. The highest BCUT2D eigenvalue weighted by Crippen LogP contribution is 2.42. The van der Waals surface area contributed by atoms with E-state index in [1.54, 1.807) is 7.11 Å². The lowest BCUT2D eigenvalue weighted by atomic mass is 9.74. The highest BCUT2D eigenvalue weighted by molar-refractivity contribution is 5.38. The van der Waals surface area contributed by atoms with E-state index >= 15 is 0 Å². The van der Waals surface area contributed by atoms with Crippen LogP contribution in [-0.2, 0) is 5.60 Å². The highest BCUT2D eigenvalue weighted by Gasteiger charge is 2.36. The van der Waals surface area contributed by atoms with Crippen molar-refractivity contribution in [2.24, 2.45) is 5.92 Å². The van der Waals surface area contributed by atoms with Crippen molar-refractivity contribution in [3.63, 3.8) is 0 Å². The number of hydrogen-bond acceptors (Lipinski definition) is 2. The molecule has 0 saturated heterocycles. The van der Waals surface area contributed by atoms with Crippen molar-refractivity contribution in [2.45, 2.75) is 44.6 Å². The maximum absolute atomic E-state index is 10.8. The molecule has 1 aromatic rings. The number of benzene rings is 1. The van der Waals surface area contributed by atoms with Gasteiger partial charge in [-0.15, -0.1) is 0 Å². The zero-order chi connectivity index (χ0) is 12.3. The van der Waals surface area contributed by atoms with Gasteiger partial charge in [-0.3, -0.25) is 0 Å². The fraction of sp³-hybridized carbons (Fsp3) is 0.600. The van der Waals surface area contributed by atoms with Crippen molar-refractivity contribution in [2.75, 3.05) is 7.11 Å². The van der Waals surface area contributed by atoms with Crippen LogP contribution in [0.3, 0.4) is 0 Å². The van der Waals surface area contributed by atoms with Crippen LogP contribution in [-0.4, -0.2) is 12.2 Å². The largest absolute Gasteiger partial charge is 0.496 e. The first-order valence-corrected chi connectivity index (χ1v) is 6.52. The van der Waals surface area contributed by atoms with Gasteiger partial charge in [0, 0.05) is 5.56 Å². The van der Waals surface area contributed by atoms with Gasteiger partial charge in [0.25, 0.3) is 0 Å². The Balaban J connectivity index is 2.29. The molecule has 1 unspecified atom stereocenters. The highest BCUT2D eigenvalue weighted by atomic mass is 16.5. The third kappa shape index (κ3) is 2.47. The third-order valence-electron chi connectivity index (χ3n) is 4.05. The Morgan fingerprint density at radius 3 is 2.47 bits per heavy atom. The lowest BCUT2D eigenvalue weighted by Gasteiger charge is -2.36. The topological polar surface area (TPSA) is 29.5 Å². The van der Waals surface area contributed by atoms with E-state index in [2.05, 4.69) is 0 Å². The second-order valence-corrected chi connectivity index (χ2v) is 5.18. The van der Waals surface area contributed by atoms with Crippen LogP contribution in [0.25, 0.3) is 0 Å². The summed E-state index contributed by atoms with van der Waals surface area (Å²) in [7, 11) is 1.66. The molecule has 0 radical (unpaired) electrons. The van der Waals surface area contributed by atoms with Gasteiger partial charge in [-0.25, -0.2) is 0 Å². The van der Waals surface area contributed by atoms with Crippen molar-refractivity contribution in [1.82, 2.24) is 0 Å². The van der Waals surface area contributed by atoms with Crippen LogP contribution < -0.4 is 4.74 Å². The van der Waals surface area contributed by atoms with E-state index in [4.69, 9.17) is 4.74 Å². The van der Waals surface area contributed by atoms with Crippen molar-refractivity contribution < 1.29 is 9.84 Å². The Bertz CT molecular complexity index is 365. The van der Waals surface area contributed by atoms with Crippen LogP contribution in [0.1, 0.15) is 44.6 Å². The average Bonchev–Trinajstić information content (AvgIpc) is 2.39. The Labute approximate surface area is 104 Å². The van der Waals surface area contributed by atoms with Gasteiger partial charge in [0.2, 0.25) is 0 Å². The Morgan fingerprint density at radius 2 is 1.82 bits per heavy atom. The second-order valence-electron chi connectivity index (χ2n) is 5.18. The Kier molecular flexibility index (Phi) is 3.72. The summed E-state index contributed by atoms with van der Waals surface area (Å²) in [6.07, 6.45) is 6.00. The molecule has 1 aliphatic carbocycles. The summed E-state index contributed by atoms with van der Waals surface area (Å²) in [4.78, 5) is 0. The molecule has 0 aromatic heterocycles. The van der Waals surface area contributed by atoms with E-state index in [0.29, 0.717) is 5.92 Å². The number of hydrogen-bond donors (Lipinski definition) is 1. The van der Waals surface area contributed by atoms with E-state index < -0.39 is 5.60 Å². The maximum Gasteiger partial charge on any atom is 0.124 e. The molecule has 0 heterocycles. The van der Waals surface area contributed by atoms with E-state index in [-0.39, 0.29) is 0 Å². The first-order chi connectivity index (χ1) is 8.16. The maximum atomic E-state index is 10.8. The monoisotopic (exact) mass is 234 g/mol. The summed E-state index contributed by atoms with van der Waals surface area (Å²) in [5.41, 5.74) is 0.155. The second kappa shape index (κ2) is 5.09. The fourth-order valence-electron chi connectivity index (χ4n) is 2.95. The summed E-state index contributed by atoms with van der Waals surface area (Å²) >= 11 is 0. The van der Waals surface area contributed by atoms with Gasteiger partial charge in [0.15, 0.2) is 0 Å². The van der Waals surface area contributed by atoms with Crippen LogP contribution in [0, 0.1) is 5.92 Å². The molecule has 1 aliphatic rings. The van der Waals surface area contributed by atoms with Crippen LogP contribution >= 0.6 is 0 Å². The molecule has 1 atom stereocenters. The smallest absolute Gasteiger partial charge is 0.124 e. The molecule has 0 bridgehead atoms. The van der Waals surface area contributed by atoms with Crippen LogP contribution in [0.15, 0.2) is 24.3 Å². The minimum Gasteiger partial charge on any atom is -0.496 e. The number of para-hydroxylation sites is 1. The van der Waals surface area contributed by atoms with Crippen LogP contribution in [0.2, 0.25) is 0 Å². The van der Waals surface area contributed by atoms with E-state index in [0.717, 1.165) is 24.2 Å². The van der Waals surface area contributed by atoms with Gasteiger partial charge in [0.05, 0.1) is 12.7 Å². The van der Waals surface area contributed by atoms with Crippen molar-refractivity contribution in [3.05, 3.63) is 29.8 Å². The predicted molar refractivity (Wildman–Crippen MR) is 69.1 cm³/mol. The third-order valence-corrected chi connectivity index (χ3v) is 4.05. The van der Waals surface area contributed by atoms with E-state index in [1.807, 2.05) is 31.2 Å². The SMILES string of the molecule is COc1ccccc1C(C)(O)C1CCCCC1. The quantitative estimate of drug-likeness (QED) is 0.867. The van der Waals surface area contributed by atoms with Gasteiger partial charge < -0.3 is 9.84 Å². The van der Waals surface area contributed by atoms with Gasteiger partial charge in [-0.1, -0.05) is 37.5 Å². The molecule has 2 rings (SSSR count). The summed E-state index contributed by atoms with van der Waals surface area (Å²) in [5, 5.41) is 10.8. The molecule has 0 amide bonds. The van der Waals surface area contributed by atoms with Crippen LogP contribution in [0.4, 0.5) is 0 Å². The summed E-state index contributed by atoms with van der Waals surface area (Å²) in [6.45, 7) is 1.93. The molecule has 1 fully saturated rings. The number of aliphatic hydroxyl groups is 1. The van der Waals surface area contributed by atoms with Crippen molar-refractivity contribution >= 4 is 0 Å². The fourth-order valence-corrected chi connectivity index (χ4v) is 2.95. The van der Waals surface area contributed by atoms with Gasteiger partial charge in [-0.05, 0) is 31.7 Å². The summed E-state index contributed by atoms with van der Waals surface area (Å²) in [6, 6.07) is 7.81. The summed E-state index contributed by atoms with van der Waals surface area (Å²) < 4.78 is 5.36. The Hall–Kier alpha value is -1.02. The number of rotatable bonds is 3. The zero-order valence-electron chi connectivity index (χ0n) is 10.8. The van der Waals surface area contributed by atoms with E-state index in [9.17, 15) is 5.11 Å². The van der Waals surface area contributed by atoms with Crippen molar-refractivity contribution in [1.29, 1.82) is 0 Å². The number of ether oxygens (including phenoxy) is 1. The minimum absolute atomic E-state index is 0.354. The molecule has 0 aliphatic heterocycles. The van der Waals surface area contributed by atoms with Crippen molar-refractivity contribution in [3.8, 4) is 5.75 Å². The summed E-state index contributed by atoms with van der Waals surface area (Å²) in [5.74, 6) is 1.15. The number of methoxy groups -OCH3 is 1. The van der Waals surface area contributed by atoms with Crippen LogP contribution in [0.5, 0.6) is 5.75 Å². The molecule has 17 heavy (non-hydrogen) atoms. The molecule has 1 N–H and O–H groups in total. The molecule has 94 valence electrons. The Morgan fingerprint density at radius 1 is 1.18 bits per heavy atom. The first-order valence-electron chi connectivity index (χ1n) is 6.52. The molecule has 1 saturated carbocycles.